The minimum absolute atomic E-state index is 0.136. The number of hydrogen-bond donors (Lipinski definition) is 5. The van der Waals surface area contributed by atoms with Crippen LogP contribution in [0.2, 0.25) is 0 Å². The standard InChI is InChI=1S/C33H52O9/c1-15-8-11-33(39-14-15)16(2)25-23(42-33)12-21-18-6-7-20-27(36)22(34)13-24(32(20,5)19(18)9-10-31(21,25)4)41-30-29(38)28(37)26(35)17(3)40-30/h16-30,34-38H,1,6-14H2,2-5H3/t16-,17+,18+,19-,20-,21-,22+,23-,24+,25-,26-,27-,28-,29+,30-,31-,32+,33-/m0/s1. The molecular weight excluding hydrogens is 540 g/mol. The van der Waals surface area contributed by atoms with Crippen molar-refractivity contribution in [2.45, 2.75) is 140 Å². The zero-order valence-electron chi connectivity index (χ0n) is 25.6. The maximum atomic E-state index is 11.3. The molecule has 0 aromatic heterocycles. The Bertz CT molecular complexity index is 1060. The molecule has 18 atom stereocenters. The molecule has 0 bridgehead atoms. The predicted molar refractivity (Wildman–Crippen MR) is 152 cm³/mol. The summed E-state index contributed by atoms with van der Waals surface area (Å²) < 4.78 is 25.7. The van der Waals surface area contributed by atoms with Crippen LogP contribution in [0.15, 0.2) is 12.2 Å². The van der Waals surface area contributed by atoms with Gasteiger partial charge in [0.2, 0.25) is 0 Å². The Morgan fingerprint density at radius 3 is 2.33 bits per heavy atom. The van der Waals surface area contributed by atoms with E-state index in [1.54, 1.807) is 6.92 Å². The number of aliphatic hydroxyl groups is 5. The number of aliphatic hydroxyl groups excluding tert-OH is 5. The third-order valence-electron chi connectivity index (χ3n) is 13.9. The smallest absolute Gasteiger partial charge is 0.186 e. The van der Waals surface area contributed by atoms with Crippen LogP contribution >= 0.6 is 0 Å². The van der Waals surface area contributed by atoms with Gasteiger partial charge in [-0.1, -0.05) is 32.9 Å². The van der Waals surface area contributed by atoms with E-state index in [2.05, 4.69) is 27.4 Å². The van der Waals surface area contributed by atoms with Crippen LogP contribution in [-0.2, 0) is 18.9 Å². The fraction of sp³-hybridized carbons (Fsp3) is 0.939. The molecule has 3 heterocycles. The summed E-state index contributed by atoms with van der Waals surface area (Å²) in [4.78, 5) is 0. The van der Waals surface area contributed by atoms with E-state index in [1.165, 1.54) is 0 Å². The maximum absolute atomic E-state index is 11.3. The Kier molecular flexibility index (Phi) is 7.29. The fourth-order valence-corrected chi connectivity index (χ4v) is 11.7. The van der Waals surface area contributed by atoms with Crippen molar-refractivity contribution in [2.24, 2.45) is 46.3 Å². The molecule has 3 aliphatic heterocycles. The average molecular weight is 593 g/mol. The van der Waals surface area contributed by atoms with Gasteiger partial charge in [0.25, 0.3) is 0 Å². The lowest BCUT2D eigenvalue weighted by atomic mass is 9.43. The zero-order valence-corrected chi connectivity index (χ0v) is 25.6. The highest BCUT2D eigenvalue weighted by molar-refractivity contribution is 5.18. The summed E-state index contributed by atoms with van der Waals surface area (Å²) in [5.74, 6) is 1.30. The maximum Gasteiger partial charge on any atom is 0.186 e. The molecule has 3 saturated heterocycles. The van der Waals surface area contributed by atoms with Crippen LogP contribution in [0.3, 0.4) is 0 Å². The molecule has 1 spiro atoms. The summed E-state index contributed by atoms with van der Waals surface area (Å²) in [6.45, 7) is 13.4. The third kappa shape index (κ3) is 4.07. The van der Waals surface area contributed by atoms with E-state index in [1.807, 2.05) is 0 Å². The van der Waals surface area contributed by atoms with Crippen LogP contribution in [0.4, 0.5) is 0 Å². The first-order chi connectivity index (χ1) is 19.8. The van der Waals surface area contributed by atoms with Gasteiger partial charge in [0.05, 0.1) is 37.1 Å². The molecule has 4 saturated carbocycles. The number of ether oxygens (including phenoxy) is 4. The van der Waals surface area contributed by atoms with Crippen molar-refractivity contribution in [3.05, 3.63) is 12.2 Å². The van der Waals surface area contributed by atoms with Gasteiger partial charge in [-0.15, -0.1) is 0 Å². The van der Waals surface area contributed by atoms with Gasteiger partial charge in [0.15, 0.2) is 12.1 Å². The molecule has 4 aliphatic carbocycles. The normalized spacial score (nSPS) is 61.0. The van der Waals surface area contributed by atoms with Crippen LogP contribution < -0.4 is 0 Å². The molecule has 9 heteroatoms. The summed E-state index contributed by atoms with van der Waals surface area (Å²) in [6, 6.07) is 0. The predicted octanol–water partition coefficient (Wildman–Crippen LogP) is 2.51. The number of hydrogen-bond acceptors (Lipinski definition) is 9. The van der Waals surface area contributed by atoms with E-state index in [0.717, 1.165) is 50.5 Å². The van der Waals surface area contributed by atoms with E-state index in [0.29, 0.717) is 30.3 Å². The second-order valence-corrected chi connectivity index (χ2v) is 15.6. The van der Waals surface area contributed by atoms with Crippen LogP contribution in [0.25, 0.3) is 0 Å². The van der Waals surface area contributed by atoms with E-state index in [4.69, 9.17) is 18.9 Å². The van der Waals surface area contributed by atoms with Gasteiger partial charge >= 0.3 is 0 Å². The van der Waals surface area contributed by atoms with E-state index >= 15 is 0 Å². The molecular formula is C33H52O9. The van der Waals surface area contributed by atoms with Crippen molar-refractivity contribution < 1.29 is 44.5 Å². The zero-order chi connectivity index (χ0) is 29.9. The first-order valence-electron chi connectivity index (χ1n) is 16.5. The first kappa shape index (κ1) is 30.1. The molecule has 7 fully saturated rings. The van der Waals surface area contributed by atoms with Crippen LogP contribution in [0, 0.1) is 46.3 Å². The van der Waals surface area contributed by atoms with Crippen molar-refractivity contribution >= 4 is 0 Å². The second-order valence-electron chi connectivity index (χ2n) is 15.6. The molecule has 7 rings (SSSR count). The average Bonchev–Trinajstić information content (AvgIpc) is 3.40. The summed E-state index contributed by atoms with van der Waals surface area (Å²) in [5, 5.41) is 53.7. The Morgan fingerprint density at radius 2 is 1.62 bits per heavy atom. The van der Waals surface area contributed by atoms with Crippen molar-refractivity contribution in [2.75, 3.05) is 6.61 Å². The van der Waals surface area contributed by atoms with Gasteiger partial charge in [-0.3, -0.25) is 0 Å². The van der Waals surface area contributed by atoms with Crippen LogP contribution in [-0.4, -0.2) is 93.0 Å². The van der Waals surface area contributed by atoms with Gasteiger partial charge in [-0.05, 0) is 80.5 Å². The Hall–Kier alpha value is -0.620. The molecule has 0 aromatic carbocycles. The molecule has 0 radical (unpaired) electrons. The number of fused-ring (bicyclic) bond motifs is 7. The van der Waals surface area contributed by atoms with E-state index in [-0.39, 0.29) is 29.8 Å². The summed E-state index contributed by atoms with van der Waals surface area (Å²) in [6.07, 6.45) is -0.952. The summed E-state index contributed by atoms with van der Waals surface area (Å²) >= 11 is 0. The lowest BCUT2D eigenvalue weighted by Gasteiger charge is -2.64. The molecule has 42 heavy (non-hydrogen) atoms. The minimum atomic E-state index is -1.41. The first-order valence-corrected chi connectivity index (χ1v) is 16.5. The van der Waals surface area contributed by atoms with Gasteiger partial charge < -0.3 is 44.5 Å². The molecule has 0 aromatic rings. The SMILES string of the molecule is C=C1CC[C@]2(OC1)O[C@H]1C[C@H]3[C@@H]4CC[C@H]5[C@H](O)[C@H](O)C[C@@H](O[C@@H]6O[C@H](C)[C@H](O)[C@H](O)[C@H]6O)[C@]5(C)[C@H]4CC[C@]3(C)[C@H]1[C@@H]2C. The Labute approximate surface area is 249 Å². The minimum Gasteiger partial charge on any atom is -0.390 e. The molecule has 0 unspecified atom stereocenters. The fourth-order valence-electron chi connectivity index (χ4n) is 11.7. The summed E-state index contributed by atoms with van der Waals surface area (Å²) in [7, 11) is 0. The van der Waals surface area contributed by atoms with E-state index < -0.39 is 60.2 Å². The Balaban J connectivity index is 1.16. The Morgan fingerprint density at radius 1 is 0.857 bits per heavy atom. The van der Waals surface area contributed by atoms with Crippen molar-refractivity contribution in [3.8, 4) is 0 Å². The monoisotopic (exact) mass is 592 g/mol. The molecule has 5 N–H and O–H groups in total. The highest BCUT2D eigenvalue weighted by atomic mass is 16.7. The van der Waals surface area contributed by atoms with Gasteiger partial charge in [0, 0.05) is 24.2 Å². The molecule has 9 nitrogen and oxygen atoms in total. The second kappa shape index (κ2) is 10.2. The van der Waals surface area contributed by atoms with Crippen molar-refractivity contribution in [3.63, 3.8) is 0 Å². The molecule has 238 valence electrons. The quantitative estimate of drug-likeness (QED) is 0.306. The lowest BCUT2D eigenvalue weighted by Crippen LogP contribution is -2.66. The van der Waals surface area contributed by atoms with Gasteiger partial charge in [-0.25, -0.2) is 0 Å². The molecule has 7 aliphatic rings. The highest BCUT2D eigenvalue weighted by Crippen LogP contribution is 2.71. The number of rotatable bonds is 2. The van der Waals surface area contributed by atoms with Crippen molar-refractivity contribution in [1.29, 1.82) is 0 Å². The molecule has 0 amide bonds. The summed E-state index contributed by atoms with van der Waals surface area (Å²) in [5.41, 5.74) is 0.831. The van der Waals surface area contributed by atoms with E-state index in [9.17, 15) is 25.5 Å². The van der Waals surface area contributed by atoms with Crippen LogP contribution in [0.1, 0.15) is 79.1 Å². The van der Waals surface area contributed by atoms with Gasteiger partial charge in [-0.2, -0.15) is 0 Å². The highest BCUT2D eigenvalue weighted by Gasteiger charge is 2.70. The van der Waals surface area contributed by atoms with Gasteiger partial charge in [0.1, 0.15) is 18.3 Å². The van der Waals surface area contributed by atoms with Crippen LogP contribution in [0.5, 0.6) is 0 Å². The largest absolute Gasteiger partial charge is 0.390 e. The lowest BCUT2D eigenvalue weighted by molar-refractivity contribution is -0.334. The topological polar surface area (TPSA) is 138 Å². The van der Waals surface area contributed by atoms with Crippen molar-refractivity contribution in [1.82, 2.24) is 0 Å². The third-order valence-corrected chi connectivity index (χ3v) is 13.9.